The Morgan fingerprint density at radius 1 is 1.15 bits per heavy atom. The van der Waals surface area contributed by atoms with Crippen LogP contribution in [0.3, 0.4) is 0 Å². The van der Waals surface area contributed by atoms with E-state index in [0.29, 0.717) is 23.8 Å². The smallest absolute Gasteiger partial charge is 0.252 e. The van der Waals surface area contributed by atoms with E-state index in [1.807, 2.05) is 48.7 Å². The normalized spacial score (nSPS) is 15.6. The molecule has 1 saturated heterocycles. The monoisotopic (exact) mass is 474 g/mol. The largest absolute Gasteiger partial charge is 0.312 e. The van der Waals surface area contributed by atoms with Crippen LogP contribution in [0, 0.1) is 19.8 Å². The van der Waals surface area contributed by atoms with Crippen molar-refractivity contribution < 1.29 is 9.59 Å². The molecule has 0 bridgehead atoms. The molecule has 0 spiro atoms. The Morgan fingerprint density at radius 2 is 1.94 bits per heavy atom. The number of thiophene rings is 1. The third kappa shape index (κ3) is 4.27. The molecule has 4 heterocycles. The number of carbonyl (C=O) groups is 2. The van der Waals surface area contributed by atoms with Crippen molar-refractivity contribution in [3.63, 3.8) is 0 Å². The molecule has 1 aliphatic rings. The van der Waals surface area contributed by atoms with Gasteiger partial charge < -0.3 is 10.2 Å². The average Bonchev–Trinajstić information content (AvgIpc) is 3.53. The fourth-order valence-corrected chi connectivity index (χ4v) is 4.61. The number of nitrogens with zero attached hydrogens (tertiary/aromatic N) is 4. The van der Waals surface area contributed by atoms with Gasteiger partial charge in [0.1, 0.15) is 11.5 Å². The maximum absolute atomic E-state index is 13.2. The lowest BCUT2D eigenvalue weighted by atomic mass is 10.1. The SMILES string of the molecule is Cc1ccc(N2CC(C(=O)Nc3cc(-c4cccs4)nn3-c3nc(C)cc(=O)[nH]3)CC2=O)cc1. The molecule has 1 aromatic carbocycles. The van der Waals surface area contributed by atoms with E-state index in [9.17, 15) is 14.4 Å². The van der Waals surface area contributed by atoms with Crippen LogP contribution in [0.2, 0.25) is 0 Å². The van der Waals surface area contributed by atoms with Crippen molar-refractivity contribution in [3.8, 4) is 16.5 Å². The van der Waals surface area contributed by atoms with Gasteiger partial charge in [-0.3, -0.25) is 19.4 Å². The van der Waals surface area contributed by atoms with Gasteiger partial charge in [-0.2, -0.15) is 9.78 Å². The quantitative estimate of drug-likeness (QED) is 0.461. The van der Waals surface area contributed by atoms with Crippen LogP contribution in [0.25, 0.3) is 16.5 Å². The first-order valence-electron chi connectivity index (χ1n) is 10.8. The molecule has 0 radical (unpaired) electrons. The molecule has 172 valence electrons. The number of anilines is 2. The van der Waals surface area contributed by atoms with Crippen molar-refractivity contribution >= 4 is 34.7 Å². The summed E-state index contributed by atoms with van der Waals surface area (Å²) in [6.45, 7) is 3.99. The first-order valence-corrected chi connectivity index (χ1v) is 11.7. The summed E-state index contributed by atoms with van der Waals surface area (Å²) >= 11 is 1.51. The number of hydrogen-bond acceptors (Lipinski definition) is 6. The van der Waals surface area contributed by atoms with Crippen LogP contribution in [-0.2, 0) is 9.59 Å². The maximum atomic E-state index is 13.2. The molecule has 4 aromatic rings. The van der Waals surface area contributed by atoms with Gasteiger partial charge in [0.25, 0.3) is 5.56 Å². The Hall–Kier alpha value is -4.05. The van der Waals surface area contributed by atoms with E-state index in [-0.39, 0.29) is 29.7 Å². The number of aromatic amines is 1. The molecule has 1 fully saturated rings. The van der Waals surface area contributed by atoms with Gasteiger partial charge in [-0.25, -0.2) is 4.98 Å². The minimum atomic E-state index is -0.521. The molecule has 0 saturated carbocycles. The number of aryl methyl sites for hydroxylation is 2. The molecular weight excluding hydrogens is 452 g/mol. The molecule has 1 aliphatic heterocycles. The minimum absolute atomic E-state index is 0.0959. The Morgan fingerprint density at radius 3 is 2.65 bits per heavy atom. The zero-order valence-electron chi connectivity index (χ0n) is 18.6. The zero-order chi connectivity index (χ0) is 23.8. The second-order valence-corrected chi connectivity index (χ2v) is 9.19. The Balaban J connectivity index is 1.43. The number of H-pyrrole nitrogens is 1. The van der Waals surface area contributed by atoms with Gasteiger partial charge in [-0.05, 0) is 37.4 Å². The number of carbonyl (C=O) groups excluding carboxylic acids is 2. The highest BCUT2D eigenvalue weighted by atomic mass is 32.1. The summed E-state index contributed by atoms with van der Waals surface area (Å²) in [5, 5.41) is 9.41. The molecule has 2 amide bonds. The molecule has 34 heavy (non-hydrogen) atoms. The van der Waals surface area contributed by atoms with Crippen molar-refractivity contribution in [1.29, 1.82) is 0 Å². The highest BCUT2D eigenvalue weighted by molar-refractivity contribution is 7.13. The van der Waals surface area contributed by atoms with Gasteiger partial charge >= 0.3 is 0 Å². The van der Waals surface area contributed by atoms with Crippen molar-refractivity contribution in [2.45, 2.75) is 20.3 Å². The number of hydrogen-bond donors (Lipinski definition) is 2. The van der Waals surface area contributed by atoms with E-state index in [1.54, 1.807) is 17.9 Å². The maximum Gasteiger partial charge on any atom is 0.252 e. The lowest BCUT2D eigenvalue weighted by Gasteiger charge is -2.17. The van der Waals surface area contributed by atoms with Crippen LogP contribution < -0.4 is 15.8 Å². The first-order chi connectivity index (χ1) is 16.4. The van der Waals surface area contributed by atoms with E-state index in [1.165, 1.54) is 22.1 Å². The van der Waals surface area contributed by atoms with Gasteiger partial charge in [0.2, 0.25) is 17.8 Å². The molecule has 3 aromatic heterocycles. The summed E-state index contributed by atoms with van der Waals surface area (Å²) in [6.07, 6.45) is 0.116. The molecule has 5 rings (SSSR count). The van der Waals surface area contributed by atoms with Gasteiger partial charge in [-0.15, -0.1) is 11.3 Å². The van der Waals surface area contributed by atoms with Crippen LogP contribution in [0.1, 0.15) is 17.7 Å². The van der Waals surface area contributed by atoms with Crippen molar-refractivity contribution in [3.05, 3.63) is 75.5 Å². The lowest BCUT2D eigenvalue weighted by Crippen LogP contribution is -2.28. The zero-order valence-corrected chi connectivity index (χ0v) is 19.4. The third-order valence-corrected chi connectivity index (χ3v) is 6.53. The summed E-state index contributed by atoms with van der Waals surface area (Å²) in [6, 6.07) is 14.6. The highest BCUT2D eigenvalue weighted by Gasteiger charge is 2.35. The fraction of sp³-hybridized carbons (Fsp3) is 0.208. The summed E-state index contributed by atoms with van der Waals surface area (Å²) in [5.74, 6) is -0.347. The van der Waals surface area contributed by atoms with Crippen LogP contribution in [0.4, 0.5) is 11.5 Å². The molecule has 1 atom stereocenters. The van der Waals surface area contributed by atoms with Crippen molar-refractivity contribution in [1.82, 2.24) is 19.7 Å². The second-order valence-electron chi connectivity index (χ2n) is 8.24. The molecule has 2 N–H and O–H groups in total. The molecule has 9 nitrogen and oxygen atoms in total. The van der Waals surface area contributed by atoms with E-state index >= 15 is 0 Å². The van der Waals surface area contributed by atoms with Gasteiger partial charge in [-0.1, -0.05) is 23.8 Å². The highest BCUT2D eigenvalue weighted by Crippen LogP contribution is 2.29. The van der Waals surface area contributed by atoms with Gasteiger partial charge in [0.15, 0.2) is 0 Å². The lowest BCUT2D eigenvalue weighted by molar-refractivity contribution is -0.122. The Bertz CT molecular complexity index is 1420. The van der Waals surface area contributed by atoms with Gasteiger partial charge in [0, 0.05) is 36.5 Å². The van der Waals surface area contributed by atoms with E-state index in [2.05, 4.69) is 20.4 Å². The predicted octanol–water partition coefficient (Wildman–Crippen LogP) is 3.29. The number of rotatable bonds is 5. The fourth-order valence-electron chi connectivity index (χ4n) is 3.93. The Labute approximate surface area is 199 Å². The molecule has 10 heteroatoms. The van der Waals surface area contributed by atoms with Crippen LogP contribution in [0.15, 0.2) is 58.7 Å². The van der Waals surface area contributed by atoms with Crippen LogP contribution in [0.5, 0.6) is 0 Å². The third-order valence-electron chi connectivity index (χ3n) is 5.63. The Kier molecular flexibility index (Phi) is 5.58. The number of aromatic nitrogens is 4. The predicted molar refractivity (Wildman–Crippen MR) is 130 cm³/mol. The first kappa shape index (κ1) is 21.8. The number of benzene rings is 1. The summed E-state index contributed by atoms with van der Waals surface area (Å²) in [4.78, 5) is 47.4. The number of amides is 2. The molecular formula is C24H22N6O3S. The number of nitrogens with one attached hydrogen (secondary N) is 2. The standard InChI is InChI=1S/C24H22N6O3S/c1-14-5-7-17(8-6-14)29-13-16(11-22(29)32)23(33)26-20-12-18(19-4-3-9-34-19)28-30(20)24-25-15(2)10-21(31)27-24/h3-10,12,16H,11,13H2,1-2H3,(H,26,33)(H,25,27,31). The van der Waals surface area contributed by atoms with Crippen molar-refractivity contribution in [2.24, 2.45) is 5.92 Å². The topological polar surface area (TPSA) is 113 Å². The molecule has 0 aliphatic carbocycles. The summed E-state index contributed by atoms with van der Waals surface area (Å²) in [7, 11) is 0. The summed E-state index contributed by atoms with van der Waals surface area (Å²) < 4.78 is 1.41. The molecule has 1 unspecified atom stereocenters. The van der Waals surface area contributed by atoms with Gasteiger partial charge in [0.05, 0.1) is 10.8 Å². The van der Waals surface area contributed by atoms with Crippen LogP contribution >= 0.6 is 11.3 Å². The van der Waals surface area contributed by atoms with E-state index < -0.39 is 5.92 Å². The summed E-state index contributed by atoms with van der Waals surface area (Å²) in [5.41, 5.74) is 2.72. The minimum Gasteiger partial charge on any atom is -0.312 e. The van der Waals surface area contributed by atoms with Crippen molar-refractivity contribution in [2.75, 3.05) is 16.8 Å². The van der Waals surface area contributed by atoms with Crippen LogP contribution in [-0.4, -0.2) is 38.1 Å². The van der Waals surface area contributed by atoms with E-state index in [4.69, 9.17) is 0 Å². The second kappa shape index (κ2) is 8.71. The van der Waals surface area contributed by atoms with E-state index in [0.717, 1.165) is 16.1 Å². The average molecular weight is 475 g/mol.